The van der Waals surface area contributed by atoms with Crippen LogP contribution in [0.3, 0.4) is 0 Å². The number of carbonyl (C=O) groups is 1. The number of nitrogens with zero attached hydrogens (tertiary/aromatic N) is 3. The maximum absolute atomic E-state index is 14.9. The van der Waals surface area contributed by atoms with Crippen molar-refractivity contribution < 1.29 is 18.3 Å². The second kappa shape index (κ2) is 10.9. The summed E-state index contributed by atoms with van der Waals surface area (Å²) >= 11 is 1.50. The lowest BCUT2D eigenvalue weighted by molar-refractivity contribution is -0.118. The first-order valence-electron chi connectivity index (χ1n) is 13.2. The number of piperidine rings is 1. The lowest BCUT2D eigenvalue weighted by atomic mass is 10.0. The summed E-state index contributed by atoms with van der Waals surface area (Å²) in [6, 6.07) is 12.5. The largest absolute Gasteiger partial charge is 0.453 e. The van der Waals surface area contributed by atoms with Gasteiger partial charge in [0.15, 0.2) is 11.6 Å². The van der Waals surface area contributed by atoms with E-state index in [1.165, 1.54) is 17.4 Å². The minimum Gasteiger partial charge on any atom is -0.453 e. The monoisotopic (exact) mass is 533 g/mol. The molecule has 2 aliphatic rings. The second-order valence-electron chi connectivity index (χ2n) is 10.4. The molecule has 3 aromatic heterocycles. The Kier molecular flexibility index (Phi) is 7.17. The van der Waals surface area contributed by atoms with E-state index in [4.69, 9.17) is 4.74 Å². The zero-order valence-electron chi connectivity index (χ0n) is 21.0. The summed E-state index contributed by atoms with van der Waals surface area (Å²) in [6.45, 7) is 2.32. The molecule has 0 radical (unpaired) electrons. The first-order valence-corrected chi connectivity index (χ1v) is 14.0. The molecule has 1 aliphatic carbocycles. The standard InChI is InChI=1S/C30H29F2N3O2S/c31-22-8-11-35(12-9-22)18-21-3-5-25(34-17-21)29-16-26-30(38-29)28(7-10-33-26)37-27-6-4-20(15-24(27)32)14-23(36)13-19-1-2-19/h3-7,10,15-17,19,22H,1-2,8-9,11-14,18H2. The Morgan fingerprint density at radius 2 is 1.82 bits per heavy atom. The van der Waals surface area contributed by atoms with Gasteiger partial charge >= 0.3 is 0 Å². The highest BCUT2D eigenvalue weighted by Gasteiger charge is 2.24. The number of ether oxygens (including phenoxy) is 1. The van der Waals surface area contributed by atoms with Gasteiger partial charge < -0.3 is 4.74 Å². The van der Waals surface area contributed by atoms with Crippen LogP contribution in [0.15, 0.2) is 54.9 Å². The van der Waals surface area contributed by atoms with Gasteiger partial charge in [0.05, 0.1) is 20.8 Å². The average Bonchev–Trinajstić information content (AvgIpc) is 3.61. The van der Waals surface area contributed by atoms with Crippen LogP contribution in [-0.2, 0) is 17.8 Å². The molecule has 8 heteroatoms. The number of alkyl halides is 1. The molecule has 1 saturated carbocycles. The van der Waals surface area contributed by atoms with Gasteiger partial charge in [-0.15, -0.1) is 11.3 Å². The third-order valence-corrected chi connectivity index (χ3v) is 8.37. The quantitative estimate of drug-likeness (QED) is 0.229. The number of pyridine rings is 2. The maximum Gasteiger partial charge on any atom is 0.166 e. The summed E-state index contributed by atoms with van der Waals surface area (Å²) in [4.78, 5) is 24.5. The van der Waals surface area contributed by atoms with Gasteiger partial charge in [0, 0.05) is 50.9 Å². The SMILES string of the molecule is O=C(Cc1ccc(Oc2ccnc3cc(-c4ccc(CN5CCC(F)CC5)cn4)sc23)c(F)c1)CC1CC1. The molecule has 0 amide bonds. The van der Waals surface area contributed by atoms with E-state index in [2.05, 4.69) is 20.9 Å². The topological polar surface area (TPSA) is 55.3 Å². The van der Waals surface area contributed by atoms with Gasteiger partial charge in [-0.05, 0) is 67.0 Å². The van der Waals surface area contributed by atoms with E-state index < -0.39 is 12.0 Å². The Hall–Kier alpha value is -3.23. The first-order chi connectivity index (χ1) is 18.5. The molecule has 2 fully saturated rings. The summed E-state index contributed by atoms with van der Waals surface area (Å²) in [5.74, 6) is 0.835. The highest BCUT2D eigenvalue weighted by atomic mass is 32.1. The molecule has 1 saturated heterocycles. The highest BCUT2D eigenvalue weighted by Crippen LogP contribution is 2.39. The molecule has 1 aromatic carbocycles. The van der Waals surface area contributed by atoms with E-state index in [1.807, 2.05) is 18.3 Å². The number of thiophene rings is 1. The van der Waals surface area contributed by atoms with E-state index in [-0.39, 0.29) is 18.0 Å². The van der Waals surface area contributed by atoms with Crippen molar-refractivity contribution in [2.45, 2.75) is 51.2 Å². The number of rotatable bonds is 9. The Morgan fingerprint density at radius 3 is 2.55 bits per heavy atom. The maximum atomic E-state index is 14.9. The van der Waals surface area contributed by atoms with Crippen LogP contribution in [0.1, 0.15) is 43.2 Å². The molecule has 0 unspecified atom stereocenters. The van der Waals surface area contributed by atoms with Crippen LogP contribution in [0, 0.1) is 11.7 Å². The molecule has 1 aliphatic heterocycles. The zero-order valence-corrected chi connectivity index (χ0v) is 21.9. The first kappa shape index (κ1) is 25.1. The Labute approximate surface area is 224 Å². The lowest BCUT2D eigenvalue weighted by Gasteiger charge is -2.28. The van der Waals surface area contributed by atoms with Gasteiger partial charge in [-0.2, -0.15) is 0 Å². The molecule has 38 heavy (non-hydrogen) atoms. The minimum atomic E-state index is -0.676. The normalized spacial score (nSPS) is 16.7. The average molecular weight is 534 g/mol. The Balaban J connectivity index is 1.15. The van der Waals surface area contributed by atoms with Crippen molar-refractivity contribution in [3.63, 3.8) is 0 Å². The van der Waals surface area contributed by atoms with Crippen molar-refractivity contribution in [1.29, 1.82) is 0 Å². The van der Waals surface area contributed by atoms with E-state index in [0.717, 1.165) is 58.8 Å². The summed E-state index contributed by atoms with van der Waals surface area (Å²) < 4.78 is 35.1. The van der Waals surface area contributed by atoms with Crippen LogP contribution in [0.2, 0.25) is 0 Å². The van der Waals surface area contributed by atoms with Gasteiger partial charge in [0.1, 0.15) is 17.7 Å². The number of carbonyl (C=O) groups excluding carboxylic acids is 1. The minimum absolute atomic E-state index is 0.116. The van der Waals surface area contributed by atoms with Crippen molar-refractivity contribution in [3.8, 4) is 22.1 Å². The fourth-order valence-electron chi connectivity index (χ4n) is 4.90. The molecule has 4 heterocycles. The van der Waals surface area contributed by atoms with Gasteiger partial charge in [-0.1, -0.05) is 12.1 Å². The molecule has 6 rings (SSSR count). The van der Waals surface area contributed by atoms with Crippen molar-refractivity contribution in [1.82, 2.24) is 14.9 Å². The van der Waals surface area contributed by atoms with Crippen LogP contribution in [0.4, 0.5) is 8.78 Å². The van der Waals surface area contributed by atoms with Crippen LogP contribution >= 0.6 is 11.3 Å². The predicted molar refractivity (Wildman–Crippen MR) is 145 cm³/mol. The number of likely N-dealkylation sites (tertiary alicyclic amines) is 1. The summed E-state index contributed by atoms with van der Waals surface area (Å²) in [5, 5.41) is 0. The molecular weight excluding hydrogens is 504 g/mol. The number of ketones is 1. The van der Waals surface area contributed by atoms with E-state index in [0.29, 0.717) is 36.5 Å². The summed E-state index contributed by atoms with van der Waals surface area (Å²) in [7, 11) is 0. The number of benzene rings is 1. The second-order valence-corrected chi connectivity index (χ2v) is 11.4. The fraction of sp³-hybridized carbons (Fsp3) is 0.367. The molecule has 4 aromatic rings. The van der Waals surface area contributed by atoms with Gasteiger partial charge in [0.25, 0.3) is 0 Å². The van der Waals surface area contributed by atoms with Crippen LogP contribution in [-0.4, -0.2) is 39.9 Å². The molecule has 0 bridgehead atoms. The zero-order chi connectivity index (χ0) is 26.1. The van der Waals surface area contributed by atoms with Gasteiger partial charge in [0.2, 0.25) is 0 Å². The number of halogens is 2. The van der Waals surface area contributed by atoms with Crippen LogP contribution < -0.4 is 4.74 Å². The van der Waals surface area contributed by atoms with Crippen molar-refractivity contribution in [3.05, 3.63) is 71.8 Å². The van der Waals surface area contributed by atoms with Crippen molar-refractivity contribution >= 4 is 27.3 Å². The molecule has 0 atom stereocenters. The number of aromatic nitrogens is 2. The Bertz CT molecular complexity index is 1440. The molecule has 196 valence electrons. The van der Waals surface area contributed by atoms with Gasteiger partial charge in [-0.3, -0.25) is 19.7 Å². The van der Waals surface area contributed by atoms with Crippen molar-refractivity contribution in [2.75, 3.05) is 13.1 Å². The third kappa shape index (κ3) is 5.92. The summed E-state index contributed by atoms with van der Waals surface area (Å²) in [5.41, 5.74) is 3.35. The number of hydrogen-bond donors (Lipinski definition) is 0. The van der Waals surface area contributed by atoms with Gasteiger partial charge in [-0.25, -0.2) is 8.78 Å². The third-order valence-electron chi connectivity index (χ3n) is 7.21. The summed E-state index contributed by atoms with van der Waals surface area (Å²) in [6.07, 6.45) is 7.13. The number of fused-ring (bicyclic) bond motifs is 1. The fourth-order valence-corrected chi connectivity index (χ4v) is 5.94. The van der Waals surface area contributed by atoms with E-state index in [9.17, 15) is 13.6 Å². The van der Waals surface area contributed by atoms with E-state index >= 15 is 0 Å². The molecule has 0 N–H and O–H groups in total. The molecule has 0 spiro atoms. The molecule has 5 nitrogen and oxygen atoms in total. The highest BCUT2D eigenvalue weighted by molar-refractivity contribution is 7.22. The van der Waals surface area contributed by atoms with Crippen molar-refractivity contribution in [2.24, 2.45) is 5.92 Å². The number of hydrogen-bond acceptors (Lipinski definition) is 6. The van der Waals surface area contributed by atoms with E-state index in [1.54, 1.807) is 24.4 Å². The predicted octanol–water partition coefficient (Wildman–Crippen LogP) is 7.14. The Morgan fingerprint density at radius 1 is 1.00 bits per heavy atom. The molecular formula is C30H29F2N3O2S. The number of Topliss-reactive ketones (excluding diaryl/α,β-unsaturated/α-hetero) is 1. The van der Waals surface area contributed by atoms with Crippen LogP contribution in [0.25, 0.3) is 20.8 Å². The lowest BCUT2D eigenvalue weighted by Crippen LogP contribution is -2.33. The van der Waals surface area contributed by atoms with Crippen LogP contribution in [0.5, 0.6) is 11.5 Å². The smallest absolute Gasteiger partial charge is 0.166 e.